The lowest BCUT2D eigenvalue weighted by Crippen LogP contribution is -2.48. The highest BCUT2D eigenvalue weighted by atomic mass is 16.6. The van der Waals surface area contributed by atoms with Crippen molar-refractivity contribution < 1.29 is 14.3 Å². The molecule has 1 N–H and O–H groups in total. The molecule has 0 aromatic carbocycles. The number of carbonyl (C=O) groups is 1. The maximum Gasteiger partial charge on any atom is 0.407 e. The number of amides is 1. The molecule has 5 heteroatoms. The number of hydrogen-bond donors (Lipinski definition) is 1. The molecule has 0 aromatic heterocycles. The van der Waals surface area contributed by atoms with E-state index in [1.807, 2.05) is 0 Å². The quantitative estimate of drug-likeness (QED) is 0.727. The Labute approximate surface area is 100 Å². The second kappa shape index (κ2) is 3.88. The van der Waals surface area contributed by atoms with Gasteiger partial charge in [0.1, 0.15) is 0 Å². The molecule has 4 atom stereocenters. The molecule has 2 saturated carbocycles. The third-order valence-electron chi connectivity index (χ3n) is 4.18. The van der Waals surface area contributed by atoms with Gasteiger partial charge in [-0.05, 0) is 19.8 Å². The normalized spacial score (nSPS) is 45.6. The highest BCUT2D eigenvalue weighted by molar-refractivity contribution is 5.67. The number of alkyl carbamates (subject to hydrolysis) is 1. The predicted molar refractivity (Wildman–Crippen MR) is 57.9 cm³/mol. The lowest BCUT2D eigenvalue weighted by molar-refractivity contribution is 0.0903. The molecule has 0 aromatic rings. The van der Waals surface area contributed by atoms with Gasteiger partial charge in [-0.3, -0.25) is 0 Å². The number of carbonyl (C=O) groups excluding carboxylic acids is 1. The Hall–Kier alpha value is -1.28. The van der Waals surface area contributed by atoms with Crippen LogP contribution < -0.4 is 5.32 Å². The van der Waals surface area contributed by atoms with Crippen molar-refractivity contribution in [1.29, 1.82) is 5.26 Å². The Morgan fingerprint density at radius 2 is 2.12 bits per heavy atom. The van der Waals surface area contributed by atoms with Gasteiger partial charge in [0.05, 0.1) is 24.9 Å². The summed E-state index contributed by atoms with van der Waals surface area (Å²) in [5, 5.41) is 11.9. The predicted octanol–water partition coefficient (Wildman–Crippen LogP) is 1.05. The van der Waals surface area contributed by atoms with Gasteiger partial charge in [0, 0.05) is 23.8 Å². The van der Waals surface area contributed by atoms with E-state index in [-0.39, 0.29) is 30.3 Å². The number of nitriles is 1. The van der Waals surface area contributed by atoms with Gasteiger partial charge in [-0.15, -0.1) is 0 Å². The van der Waals surface area contributed by atoms with E-state index in [0.717, 1.165) is 12.8 Å². The van der Waals surface area contributed by atoms with Crippen LogP contribution in [0.2, 0.25) is 0 Å². The highest BCUT2D eigenvalue weighted by Gasteiger charge is 2.64. The fourth-order valence-electron chi connectivity index (χ4n) is 3.49. The van der Waals surface area contributed by atoms with Crippen molar-refractivity contribution in [2.45, 2.75) is 38.0 Å². The van der Waals surface area contributed by atoms with Crippen molar-refractivity contribution in [3.63, 3.8) is 0 Å². The fourth-order valence-corrected chi connectivity index (χ4v) is 3.49. The van der Waals surface area contributed by atoms with Gasteiger partial charge >= 0.3 is 6.09 Å². The molecule has 4 unspecified atom stereocenters. The largest absolute Gasteiger partial charge is 0.450 e. The monoisotopic (exact) mass is 236 g/mol. The minimum atomic E-state index is -0.343. The highest BCUT2D eigenvalue weighted by Crippen LogP contribution is 2.55. The van der Waals surface area contributed by atoms with E-state index in [9.17, 15) is 4.79 Å². The molecule has 2 bridgehead atoms. The lowest BCUT2D eigenvalue weighted by atomic mass is 9.77. The zero-order valence-electron chi connectivity index (χ0n) is 9.76. The fraction of sp³-hybridized carbons (Fsp3) is 0.833. The Kier molecular flexibility index (Phi) is 2.48. The van der Waals surface area contributed by atoms with Crippen LogP contribution in [0.5, 0.6) is 0 Å². The maximum absolute atomic E-state index is 11.5. The van der Waals surface area contributed by atoms with E-state index in [1.165, 1.54) is 0 Å². The van der Waals surface area contributed by atoms with E-state index in [0.29, 0.717) is 18.4 Å². The number of ether oxygens (including phenoxy) is 2. The Bertz CT molecular complexity index is 360. The summed E-state index contributed by atoms with van der Waals surface area (Å²) in [5.74, 6) is 0.724. The summed E-state index contributed by atoms with van der Waals surface area (Å²) in [5.41, 5.74) is 0. The van der Waals surface area contributed by atoms with Crippen LogP contribution in [0.15, 0.2) is 0 Å². The SMILES string of the molecule is CCOC(=O)NC1C2CC(C#N)CC1C1OC21. The van der Waals surface area contributed by atoms with Gasteiger partial charge in [0.15, 0.2) is 0 Å². The van der Waals surface area contributed by atoms with Crippen molar-refractivity contribution in [3.8, 4) is 6.07 Å². The molecule has 1 aliphatic heterocycles. The van der Waals surface area contributed by atoms with Crippen LogP contribution in [-0.4, -0.2) is 30.9 Å². The van der Waals surface area contributed by atoms with E-state index < -0.39 is 0 Å². The van der Waals surface area contributed by atoms with E-state index >= 15 is 0 Å². The van der Waals surface area contributed by atoms with Crippen LogP contribution in [0.1, 0.15) is 19.8 Å². The second-order valence-electron chi connectivity index (χ2n) is 5.08. The molecular weight excluding hydrogens is 220 g/mol. The van der Waals surface area contributed by atoms with E-state index in [1.54, 1.807) is 6.92 Å². The molecule has 92 valence electrons. The summed E-state index contributed by atoms with van der Waals surface area (Å²) in [4.78, 5) is 11.5. The molecule has 1 heterocycles. The van der Waals surface area contributed by atoms with Gasteiger partial charge in [0.25, 0.3) is 0 Å². The molecular formula is C12H16N2O3. The minimum absolute atomic E-state index is 0.127. The number of rotatable bonds is 2. The average Bonchev–Trinajstić information content (AvgIpc) is 3.05. The molecule has 3 rings (SSSR count). The van der Waals surface area contributed by atoms with Crippen molar-refractivity contribution in [3.05, 3.63) is 0 Å². The van der Waals surface area contributed by atoms with Gasteiger partial charge in [-0.2, -0.15) is 5.26 Å². The summed E-state index contributed by atoms with van der Waals surface area (Å²) >= 11 is 0. The molecule has 2 aliphatic carbocycles. The second-order valence-corrected chi connectivity index (χ2v) is 5.08. The smallest absolute Gasteiger partial charge is 0.407 e. The van der Waals surface area contributed by atoms with Crippen molar-refractivity contribution in [2.24, 2.45) is 17.8 Å². The minimum Gasteiger partial charge on any atom is -0.450 e. The third-order valence-corrected chi connectivity index (χ3v) is 4.18. The van der Waals surface area contributed by atoms with Crippen molar-refractivity contribution in [2.75, 3.05) is 6.61 Å². The molecule has 5 nitrogen and oxygen atoms in total. The zero-order valence-corrected chi connectivity index (χ0v) is 9.76. The topological polar surface area (TPSA) is 74.6 Å². The summed E-state index contributed by atoms with van der Waals surface area (Å²) in [6, 6.07) is 2.49. The number of nitrogens with one attached hydrogen (secondary N) is 1. The van der Waals surface area contributed by atoms with Crippen LogP contribution in [0.4, 0.5) is 4.79 Å². The number of fused-ring (bicyclic) bond motifs is 5. The average molecular weight is 236 g/mol. The molecule has 3 aliphatic rings. The first kappa shape index (κ1) is 10.8. The van der Waals surface area contributed by atoms with Gasteiger partial charge in [0.2, 0.25) is 0 Å². The summed E-state index contributed by atoms with van der Waals surface area (Å²) in [6.07, 6.45) is 1.87. The van der Waals surface area contributed by atoms with Crippen molar-refractivity contribution in [1.82, 2.24) is 5.32 Å². The van der Waals surface area contributed by atoms with E-state index in [4.69, 9.17) is 14.7 Å². The number of nitrogens with zero attached hydrogens (tertiary/aromatic N) is 1. The number of epoxide rings is 1. The molecule has 17 heavy (non-hydrogen) atoms. The van der Waals surface area contributed by atoms with E-state index in [2.05, 4.69) is 11.4 Å². The number of hydrogen-bond acceptors (Lipinski definition) is 4. The zero-order chi connectivity index (χ0) is 12.0. The standard InChI is InChI=1S/C12H16N2O3/c1-2-16-12(15)14-9-7-3-6(5-13)4-8(9)11-10(7)17-11/h6-11H,2-4H2,1H3,(H,14,15). The van der Waals surface area contributed by atoms with Crippen LogP contribution >= 0.6 is 0 Å². The van der Waals surface area contributed by atoms with Crippen molar-refractivity contribution >= 4 is 6.09 Å². The molecule has 0 radical (unpaired) electrons. The van der Waals surface area contributed by atoms with Gasteiger partial charge in [-0.1, -0.05) is 0 Å². The first-order valence-corrected chi connectivity index (χ1v) is 6.23. The Morgan fingerprint density at radius 1 is 1.47 bits per heavy atom. The summed E-state index contributed by atoms with van der Waals surface area (Å²) in [6.45, 7) is 2.18. The maximum atomic E-state index is 11.5. The van der Waals surface area contributed by atoms with Crippen LogP contribution in [0.25, 0.3) is 0 Å². The lowest BCUT2D eigenvalue weighted by Gasteiger charge is -2.35. The molecule has 1 saturated heterocycles. The Morgan fingerprint density at radius 3 is 2.65 bits per heavy atom. The summed E-state index contributed by atoms with van der Waals surface area (Å²) < 4.78 is 10.5. The van der Waals surface area contributed by atoms with Crippen LogP contribution in [0, 0.1) is 29.1 Å². The first-order chi connectivity index (χ1) is 8.24. The van der Waals surface area contributed by atoms with Crippen LogP contribution in [-0.2, 0) is 9.47 Å². The Balaban J connectivity index is 1.68. The van der Waals surface area contributed by atoms with Gasteiger partial charge in [-0.25, -0.2) is 4.79 Å². The third kappa shape index (κ3) is 1.67. The van der Waals surface area contributed by atoms with Gasteiger partial charge < -0.3 is 14.8 Å². The molecule has 1 amide bonds. The summed E-state index contributed by atoms with van der Waals surface area (Å²) in [7, 11) is 0. The van der Waals surface area contributed by atoms with Crippen LogP contribution in [0.3, 0.4) is 0 Å². The first-order valence-electron chi connectivity index (χ1n) is 6.23. The molecule has 0 spiro atoms. The molecule has 3 fully saturated rings.